The Hall–Kier alpha value is -0.390. The van der Waals surface area contributed by atoms with Crippen molar-refractivity contribution in [1.29, 1.82) is 0 Å². The van der Waals surface area contributed by atoms with Gasteiger partial charge in [0.05, 0.1) is 0 Å². The first-order chi connectivity index (χ1) is 4.34. The molecule has 0 saturated carbocycles. The highest BCUT2D eigenvalue weighted by molar-refractivity contribution is 14.1. The van der Waals surface area contributed by atoms with Crippen molar-refractivity contribution in [3.63, 3.8) is 0 Å². The third-order valence-electron chi connectivity index (χ3n) is 0.890. The monoisotopic (exact) mass is 235 g/mol. The second-order valence-electron chi connectivity index (χ2n) is 1.45. The predicted octanol–water partition coefficient (Wildman–Crippen LogP) is 1.12. The van der Waals surface area contributed by atoms with E-state index < -0.39 is 0 Å². The van der Waals surface area contributed by atoms with Crippen LogP contribution in [0.2, 0.25) is 0 Å². The van der Waals surface area contributed by atoms with E-state index in [1.165, 1.54) is 0 Å². The fraction of sp³-hybridized carbons (Fsp3) is 0.200. The Morgan fingerprint density at radius 2 is 2.11 bits per heavy atom. The second kappa shape index (κ2) is 2.95. The zero-order chi connectivity index (χ0) is 6.69. The molecule has 0 atom stereocenters. The lowest BCUT2D eigenvalue weighted by Gasteiger charge is -1.97. The highest BCUT2D eigenvalue weighted by Crippen LogP contribution is 2.08. The molecule has 4 heteroatoms. The fourth-order valence-corrected chi connectivity index (χ4v) is 1.06. The first kappa shape index (κ1) is 6.73. The minimum Gasteiger partial charge on any atom is -0.371 e. The van der Waals surface area contributed by atoms with Gasteiger partial charge in [0.15, 0.2) is 5.82 Å². The summed E-state index contributed by atoms with van der Waals surface area (Å²) in [4.78, 5) is 8.03. The van der Waals surface area contributed by atoms with E-state index in [0.29, 0.717) is 0 Å². The van der Waals surface area contributed by atoms with Gasteiger partial charge in [0.25, 0.3) is 0 Å². The number of anilines is 1. The molecule has 1 aromatic heterocycles. The topological polar surface area (TPSA) is 37.8 Å². The molecule has 0 bridgehead atoms. The molecule has 0 saturated heterocycles. The molecule has 1 heterocycles. The highest BCUT2D eigenvalue weighted by atomic mass is 127. The SMILES string of the molecule is CNc1nccnc1I. The summed E-state index contributed by atoms with van der Waals surface area (Å²) in [6, 6.07) is 0. The number of aromatic nitrogens is 2. The number of hydrogen-bond acceptors (Lipinski definition) is 3. The van der Waals surface area contributed by atoms with Gasteiger partial charge in [-0.05, 0) is 22.6 Å². The third kappa shape index (κ3) is 1.51. The smallest absolute Gasteiger partial charge is 0.158 e. The Morgan fingerprint density at radius 3 is 2.56 bits per heavy atom. The van der Waals surface area contributed by atoms with E-state index in [1.807, 2.05) is 7.05 Å². The van der Waals surface area contributed by atoms with E-state index in [1.54, 1.807) is 12.4 Å². The summed E-state index contributed by atoms with van der Waals surface area (Å²) in [5.74, 6) is 0.832. The standard InChI is InChI=1S/C5H6IN3/c1-7-5-4(6)8-2-3-9-5/h2-3H,1H3,(H,7,9). The van der Waals surface area contributed by atoms with Crippen LogP contribution in [-0.2, 0) is 0 Å². The molecule has 1 N–H and O–H groups in total. The van der Waals surface area contributed by atoms with Gasteiger partial charge >= 0.3 is 0 Å². The Morgan fingerprint density at radius 1 is 1.44 bits per heavy atom. The molecule has 1 aromatic rings. The molecule has 0 spiro atoms. The van der Waals surface area contributed by atoms with Crippen molar-refractivity contribution in [3.8, 4) is 0 Å². The van der Waals surface area contributed by atoms with Crippen molar-refractivity contribution in [3.05, 3.63) is 16.1 Å². The van der Waals surface area contributed by atoms with Crippen LogP contribution in [0, 0.1) is 3.70 Å². The maximum atomic E-state index is 4.02. The third-order valence-corrected chi connectivity index (χ3v) is 1.68. The highest BCUT2D eigenvalue weighted by Gasteiger charge is 1.94. The maximum absolute atomic E-state index is 4.02. The Balaban J connectivity index is 3.01. The Bertz CT molecular complexity index is 201. The Kier molecular flexibility index (Phi) is 2.21. The molecule has 9 heavy (non-hydrogen) atoms. The number of rotatable bonds is 1. The van der Waals surface area contributed by atoms with E-state index in [9.17, 15) is 0 Å². The first-order valence-electron chi connectivity index (χ1n) is 2.49. The van der Waals surface area contributed by atoms with Gasteiger partial charge in [-0.25, -0.2) is 9.97 Å². The van der Waals surface area contributed by atoms with Crippen LogP contribution in [0.3, 0.4) is 0 Å². The van der Waals surface area contributed by atoms with Crippen molar-refractivity contribution in [2.45, 2.75) is 0 Å². The van der Waals surface area contributed by atoms with Gasteiger partial charge in [-0.15, -0.1) is 0 Å². The number of halogens is 1. The van der Waals surface area contributed by atoms with E-state index >= 15 is 0 Å². The van der Waals surface area contributed by atoms with Crippen LogP contribution in [0.25, 0.3) is 0 Å². The molecule has 0 unspecified atom stereocenters. The van der Waals surface area contributed by atoms with Crippen LogP contribution in [0.1, 0.15) is 0 Å². The zero-order valence-corrected chi connectivity index (χ0v) is 7.08. The summed E-state index contributed by atoms with van der Waals surface area (Å²) in [6.45, 7) is 0. The minimum absolute atomic E-state index is 0.832. The van der Waals surface area contributed by atoms with Gasteiger partial charge in [0.2, 0.25) is 0 Å². The molecule has 0 amide bonds. The van der Waals surface area contributed by atoms with Gasteiger partial charge < -0.3 is 5.32 Å². The molecule has 0 radical (unpaired) electrons. The molecule has 48 valence electrons. The lowest BCUT2D eigenvalue weighted by Crippen LogP contribution is -1.95. The lowest BCUT2D eigenvalue weighted by atomic mass is 10.7. The summed E-state index contributed by atoms with van der Waals surface area (Å²) in [7, 11) is 1.83. The van der Waals surface area contributed by atoms with Crippen molar-refractivity contribution < 1.29 is 0 Å². The van der Waals surface area contributed by atoms with Crippen molar-refractivity contribution in [2.75, 3.05) is 12.4 Å². The normalized spacial score (nSPS) is 9.11. The van der Waals surface area contributed by atoms with Gasteiger partial charge in [0.1, 0.15) is 3.70 Å². The largest absolute Gasteiger partial charge is 0.371 e. The lowest BCUT2D eigenvalue weighted by molar-refractivity contribution is 1.15. The van der Waals surface area contributed by atoms with Crippen molar-refractivity contribution in [2.24, 2.45) is 0 Å². The molecule has 0 aliphatic carbocycles. The Labute approximate surface area is 67.0 Å². The molecule has 0 fully saturated rings. The summed E-state index contributed by atoms with van der Waals surface area (Å²) in [6.07, 6.45) is 3.33. The summed E-state index contributed by atoms with van der Waals surface area (Å²) >= 11 is 2.12. The number of nitrogens with one attached hydrogen (secondary N) is 1. The molecule has 0 aliphatic rings. The molecule has 3 nitrogen and oxygen atoms in total. The van der Waals surface area contributed by atoms with E-state index in [4.69, 9.17) is 0 Å². The van der Waals surface area contributed by atoms with E-state index in [0.717, 1.165) is 9.52 Å². The second-order valence-corrected chi connectivity index (χ2v) is 2.47. The van der Waals surface area contributed by atoms with Gasteiger partial charge in [-0.3, -0.25) is 0 Å². The predicted molar refractivity (Wildman–Crippen MR) is 44.3 cm³/mol. The average molecular weight is 235 g/mol. The van der Waals surface area contributed by atoms with Gasteiger partial charge in [0, 0.05) is 19.4 Å². The van der Waals surface area contributed by atoms with Crippen molar-refractivity contribution in [1.82, 2.24) is 9.97 Å². The van der Waals surface area contributed by atoms with Gasteiger partial charge in [-0.2, -0.15) is 0 Å². The summed E-state index contributed by atoms with van der Waals surface area (Å²) in [5.41, 5.74) is 0. The maximum Gasteiger partial charge on any atom is 0.158 e. The minimum atomic E-state index is 0.832. The van der Waals surface area contributed by atoms with Crippen LogP contribution in [0.5, 0.6) is 0 Å². The van der Waals surface area contributed by atoms with Crippen molar-refractivity contribution >= 4 is 28.4 Å². The molecule has 1 rings (SSSR count). The van der Waals surface area contributed by atoms with Crippen LogP contribution in [-0.4, -0.2) is 17.0 Å². The van der Waals surface area contributed by atoms with Crippen LogP contribution >= 0.6 is 22.6 Å². The van der Waals surface area contributed by atoms with Gasteiger partial charge in [-0.1, -0.05) is 0 Å². The first-order valence-corrected chi connectivity index (χ1v) is 3.56. The average Bonchev–Trinajstić information content (AvgIpc) is 1.89. The molecule has 0 aliphatic heterocycles. The van der Waals surface area contributed by atoms with Crippen LogP contribution in [0.4, 0.5) is 5.82 Å². The zero-order valence-electron chi connectivity index (χ0n) is 4.93. The number of nitrogens with zero attached hydrogens (tertiary/aromatic N) is 2. The quantitative estimate of drug-likeness (QED) is 0.741. The molecule has 0 aromatic carbocycles. The van der Waals surface area contributed by atoms with E-state index in [2.05, 4.69) is 37.9 Å². The van der Waals surface area contributed by atoms with E-state index in [-0.39, 0.29) is 0 Å². The fourth-order valence-electron chi connectivity index (χ4n) is 0.489. The van der Waals surface area contributed by atoms with Crippen LogP contribution < -0.4 is 5.32 Å². The summed E-state index contributed by atoms with van der Waals surface area (Å²) in [5, 5.41) is 2.91. The summed E-state index contributed by atoms with van der Waals surface area (Å²) < 4.78 is 0.901. The van der Waals surface area contributed by atoms with Crippen LogP contribution in [0.15, 0.2) is 12.4 Å². The number of hydrogen-bond donors (Lipinski definition) is 1. The molecular weight excluding hydrogens is 229 g/mol. The molecular formula is C5H6IN3.